The number of rotatable bonds is 11. The van der Waals surface area contributed by atoms with Crippen LogP contribution in [-0.4, -0.2) is 84.8 Å². The van der Waals surface area contributed by atoms with Crippen LogP contribution in [0.4, 0.5) is 4.79 Å². The molecule has 3 amide bonds. The number of hydrogen-bond acceptors (Lipinski definition) is 7. The lowest BCUT2D eigenvalue weighted by atomic mass is 10.0. The van der Waals surface area contributed by atoms with Crippen LogP contribution in [0, 0.1) is 5.92 Å². The Kier molecular flexibility index (Phi) is 10.6. The number of carboxylic acid groups (broad SMARTS) is 1. The highest BCUT2D eigenvalue weighted by atomic mass is 16.5. The topological polar surface area (TPSA) is 171 Å². The molecule has 0 unspecified atom stereocenters. The standard InChI is InChI=1S/C41H50N8O5/c1-5-8-31(46-41(52)53)39(50)47-15-6-9-29(47)21-43-20-25(4)26-12-14-33-28(17-26)18-35-30-13-11-27(19-36(30)54-23-49(33)35)32-22-44-38(45-32)34-10-7-16-48(34)40(51)37(42)24(2)3/h11-14,17-22,24,29,31,34,37,46H,5-10,15-16,23,42H2,1-4H3,(H,44,45)(H,52,53)/b25-20+,43-21?/t29-,31+,34-,37-/m0/s1. The van der Waals surface area contributed by atoms with Crippen molar-refractivity contribution in [1.82, 2.24) is 29.7 Å². The molecule has 2 aromatic carbocycles. The number of aromatic nitrogens is 3. The number of imidazole rings is 1. The second-order valence-corrected chi connectivity index (χ2v) is 15.0. The number of nitrogens with zero attached hydrogens (tertiary/aromatic N) is 5. The number of nitrogens with two attached hydrogens (primary N) is 1. The molecule has 2 fully saturated rings. The highest BCUT2D eigenvalue weighted by molar-refractivity contribution is 5.92. The summed E-state index contributed by atoms with van der Waals surface area (Å²) in [6.45, 7) is 9.55. The largest absolute Gasteiger partial charge is 0.472 e. The molecule has 3 aliphatic rings. The first-order valence-corrected chi connectivity index (χ1v) is 19.1. The Labute approximate surface area is 315 Å². The molecule has 0 spiro atoms. The first-order chi connectivity index (χ1) is 26.0. The molecule has 0 aliphatic carbocycles. The minimum absolute atomic E-state index is 0.0224. The van der Waals surface area contributed by atoms with E-state index < -0.39 is 18.2 Å². The van der Waals surface area contributed by atoms with E-state index in [0.29, 0.717) is 32.7 Å². The molecule has 2 saturated heterocycles. The smallest absolute Gasteiger partial charge is 0.405 e. The molecule has 2 aromatic heterocycles. The molecular formula is C41H50N8O5. The van der Waals surface area contributed by atoms with Gasteiger partial charge in [0.25, 0.3) is 0 Å². The molecule has 13 nitrogen and oxygen atoms in total. The minimum atomic E-state index is -1.19. The molecular weight excluding hydrogens is 685 g/mol. The highest BCUT2D eigenvalue weighted by Crippen LogP contribution is 2.41. The summed E-state index contributed by atoms with van der Waals surface area (Å²) in [5.74, 6) is 1.43. The van der Waals surface area contributed by atoms with E-state index in [2.05, 4.69) is 56.3 Å². The zero-order chi connectivity index (χ0) is 38.1. The van der Waals surface area contributed by atoms with E-state index in [-0.39, 0.29) is 29.8 Å². The van der Waals surface area contributed by atoms with Crippen molar-refractivity contribution in [2.75, 3.05) is 13.1 Å². The predicted molar refractivity (Wildman–Crippen MR) is 209 cm³/mol. The number of H-pyrrole nitrogens is 1. The van der Waals surface area contributed by atoms with Gasteiger partial charge in [-0.1, -0.05) is 39.3 Å². The zero-order valence-electron chi connectivity index (χ0n) is 31.4. The number of carbonyl (C=O) groups excluding carboxylic acids is 2. The van der Waals surface area contributed by atoms with Crippen LogP contribution in [0.3, 0.4) is 0 Å². The van der Waals surface area contributed by atoms with Crippen LogP contribution in [0.2, 0.25) is 0 Å². The van der Waals surface area contributed by atoms with Crippen molar-refractivity contribution < 1.29 is 24.2 Å². The van der Waals surface area contributed by atoms with Crippen LogP contribution in [0.1, 0.15) is 83.6 Å². The Morgan fingerprint density at radius 2 is 1.89 bits per heavy atom. The second kappa shape index (κ2) is 15.5. The van der Waals surface area contributed by atoms with Crippen molar-refractivity contribution in [3.8, 4) is 28.3 Å². The number of amides is 3. The van der Waals surface area contributed by atoms with Gasteiger partial charge in [-0.15, -0.1) is 0 Å². The van der Waals surface area contributed by atoms with Crippen LogP contribution < -0.4 is 15.8 Å². The summed E-state index contributed by atoms with van der Waals surface area (Å²) in [6.07, 6.45) is 8.83. The van der Waals surface area contributed by atoms with Gasteiger partial charge >= 0.3 is 6.09 Å². The zero-order valence-corrected chi connectivity index (χ0v) is 31.4. The summed E-state index contributed by atoms with van der Waals surface area (Å²) >= 11 is 0. The fraction of sp³-hybridized carbons (Fsp3) is 0.439. The number of fused-ring (bicyclic) bond motifs is 5. The van der Waals surface area contributed by atoms with Gasteiger partial charge in [0.2, 0.25) is 11.8 Å². The normalized spacial score (nSPS) is 19.6. The Bertz CT molecular complexity index is 2110. The number of allylic oxidation sites excluding steroid dienone is 1. The van der Waals surface area contributed by atoms with E-state index in [4.69, 9.17) is 15.5 Å². The Morgan fingerprint density at radius 3 is 2.67 bits per heavy atom. The third-order valence-corrected chi connectivity index (χ3v) is 11.0. The van der Waals surface area contributed by atoms with Crippen molar-refractivity contribution >= 4 is 40.6 Å². The van der Waals surface area contributed by atoms with Gasteiger partial charge in [0.05, 0.1) is 41.2 Å². The first-order valence-electron chi connectivity index (χ1n) is 19.1. The molecule has 7 rings (SSSR count). The van der Waals surface area contributed by atoms with Crippen molar-refractivity contribution in [2.45, 2.75) is 97.1 Å². The summed E-state index contributed by atoms with van der Waals surface area (Å²) in [6, 6.07) is 13.2. The van der Waals surface area contributed by atoms with E-state index in [1.807, 2.05) is 51.1 Å². The molecule has 284 valence electrons. The van der Waals surface area contributed by atoms with Gasteiger partial charge in [-0.05, 0) is 86.4 Å². The average Bonchev–Trinajstić information content (AvgIpc) is 3.99. The van der Waals surface area contributed by atoms with Crippen molar-refractivity contribution in [3.63, 3.8) is 0 Å². The van der Waals surface area contributed by atoms with E-state index in [9.17, 15) is 19.5 Å². The molecule has 4 aromatic rings. The SMILES string of the molecule is CCC[C@@H](NC(=O)O)C(=O)N1CCC[C@H]1C=N/C=C(\C)c1ccc2c(c1)cc1n2COc2cc(-c3cnc([C@@H]4CCCN4C(=O)[C@@H](N)C(C)C)[nH]3)ccc2-1. The van der Waals surface area contributed by atoms with Gasteiger partial charge in [0.15, 0.2) is 6.73 Å². The summed E-state index contributed by atoms with van der Waals surface area (Å²) < 4.78 is 8.48. The van der Waals surface area contributed by atoms with Crippen LogP contribution in [0.15, 0.2) is 59.9 Å². The third kappa shape index (κ3) is 7.24. The Balaban J connectivity index is 1.06. The quantitative estimate of drug-likeness (QED) is 0.127. The van der Waals surface area contributed by atoms with Crippen LogP contribution >= 0.6 is 0 Å². The number of nitrogens with one attached hydrogen (secondary N) is 2. The summed E-state index contributed by atoms with van der Waals surface area (Å²) in [7, 11) is 0. The Hall–Kier alpha value is -5.43. The maximum atomic E-state index is 13.2. The summed E-state index contributed by atoms with van der Waals surface area (Å²) in [5.41, 5.74) is 13.2. The number of likely N-dealkylation sites (tertiary alicyclic amines) is 2. The van der Waals surface area contributed by atoms with Gasteiger partial charge in [0.1, 0.15) is 17.6 Å². The molecule has 54 heavy (non-hydrogen) atoms. The fourth-order valence-corrected chi connectivity index (χ4v) is 7.92. The van der Waals surface area contributed by atoms with E-state index in [1.165, 1.54) is 0 Å². The minimum Gasteiger partial charge on any atom is -0.472 e. The van der Waals surface area contributed by atoms with E-state index in [1.54, 1.807) is 11.1 Å². The molecule has 3 aliphatic heterocycles. The number of aromatic amines is 1. The molecule has 5 heterocycles. The van der Waals surface area contributed by atoms with E-state index in [0.717, 1.165) is 81.8 Å². The monoisotopic (exact) mass is 734 g/mol. The molecule has 0 radical (unpaired) electrons. The lowest BCUT2D eigenvalue weighted by Crippen LogP contribution is -2.50. The van der Waals surface area contributed by atoms with Gasteiger partial charge in [-0.3, -0.25) is 14.6 Å². The maximum Gasteiger partial charge on any atom is 0.405 e. The number of carbonyl (C=O) groups is 3. The molecule has 5 N–H and O–H groups in total. The maximum absolute atomic E-state index is 13.2. The average molecular weight is 735 g/mol. The van der Waals surface area contributed by atoms with Crippen LogP contribution in [-0.2, 0) is 16.3 Å². The predicted octanol–water partition coefficient (Wildman–Crippen LogP) is 6.55. The number of ether oxygens (including phenoxy) is 1. The van der Waals surface area contributed by atoms with Gasteiger partial charge < -0.3 is 40.2 Å². The van der Waals surface area contributed by atoms with Gasteiger partial charge in [-0.2, -0.15) is 0 Å². The van der Waals surface area contributed by atoms with Crippen molar-refractivity contribution in [2.24, 2.45) is 16.6 Å². The van der Waals surface area contributed by atoms with Crippen LogP contribution in [0.25, 0.3) is 39.0 Å². The molecule has 0 bridgehead atoms. The van der Waals surface area contributed by atoms with Gasteiger partial charge in [0, 0.05) is 42.0 Å². The lowest BCUT2D eigenvalue weighted by molar-refractivity contribution is -0.135. The molecule has 0 saturated carbocycles. The number of hydrogen-bond donors (Lipinski definition) is 4. The highest BCUT2D eigenvalue weighted by Gasteiger charge is 2.36. The lowest BCUT2D eigenvalue weighted by Gasteiger charge is -2.27. The van der Waals surface area contributed by atoms with Crippen molar-refractivity contribution in [3.05, 3.63) is 66.2 Å². The molecule has 13 heteroatoms. The van der Waals surface area contributed by atoms with Crippen LogP contribution in [0.5, 0.6) is 5.75 Å². The third-order valence-electron chi connectivity index (χ3n) is 11.0. The van der Waals surface area contributed by atoms with Gasteiger partial charge in [-0.25, -0.2) is 9.78 Å². The van der Waals surface area contributed by atoms with E-state index >= 15 is 0 Å². The fourth-order valence-electron chi connectivity index (χ4n) is 7.92. The molecule has 4 atom stereocenters. The number of benzene rings is 2. The summed E-state index contributed by atoms with van der Waals surface area (Å²) in [5, 5.41) is 12.7. The summed E-state index contributed by atoms with van der Waals surface area (Å²) in [4.78, 5) is 53.9. The second-order valence-electron chi connectivity index (χ2n) is 15.0. The Morgan fingerprint density at radius 1 is 1.09 bits per heavy atom. The number of aliphatic imine (C=N–C) groups is 1. The van der Waals surface area contributed by atoms with Crippen molar-refractivity contribution in [1.29, 1.82) is 0 Å². The first kappa shape index (κ1) is 36.9.